The van der Waals surface area contributed by atoms with Gasteiger partial charge in [0.05, 0.1) is 19.3 Å². The summed E-state index contributed by atoms with van der Waals surface area (Å²) in [7, 11) is 0. The molecule has 2 aliphatic heterocycles. The number of carbonyl (C=O) groups is 1. The third-order valence-corrected chi connectivity index (χ3v) is 6.96. The number of amides is 1. The van der Waals surface area contributed by atoms with Gasteiger partial charge in [-0.1, -0.05) is 32.1 Å². The van der Waals surface area contributed by atoms with Crippen molar-refractivity contribution in [1.82, 2.24) is 15.3 Å². The second-order valence-corrected chi connectivity index (χ2v) is 9.06. The summed E-state index contributed by atoms with van der Waals surface area (Å²) < 4.78 is 17.5. The number of fused-ring (bicyclic) bond motifs is 1. The van der Waals surface area contributed by atoms with Gasteiger partial charge in [0.25, 0.3) is 0 Å². The van der Waals surface area contributed by atoms with E-state index in [1.807, 2.05) is 12.3 Å². The Bertz CT molecular complexity index is 736. The first kappa shape index (κ1) is 20.0. The van der Waals surface area contributed by atoms with Gasteiger partial charge < -0.3 is 24.8 Å². The SMILES string of the molecule is O=C(NC1CCCCC1)O[C@@H]1CO[C@H]2[C@@H]1OC[C@@H]2Nc1nccc(C2CCCC2)n1. The fraction of sp³-hybridized carbons (Fsp3) is 0.773. The zero-order chi connectivity index (χ0) is 20.3. The van der Waals surface area contributed by atoms with Gasteiger partial charge in [-0.05, 0) is 31.7 Å². The van der Waals surface area contributed by atoms with Crippen LogP contribution in [0.15, 0.2) is 12.3 Å². The van der Waals surface area contributed by atoms with Crippen molar-refractivity contribution < 1.29 is 19.0 Å². The number of ether oxygens (including phenoxy) is 3. The van der Waals surface area contributed by atoms with Crippen LogP contribution in [0.5, 0.6) is 0 Å². The fourth-order valence-corrected chi connectivity index (χ4v) is 5.33. The number of carbonyl (C=O) groups excluding carboxylic acids is 1. The van der Waals surface area contributed by atoms with Crippen LogP contribution in [0.2, 0.25) is 0 Å². The molecule has 0 spiro atoms. The number of alkyl carbamates (subject to hydrolysis) is 1. The monoisotopic (exact) mass is 416 g/mol. The van der Waals surface area contributed by atoms with Gasteiger partial charge >= 0.3 is 6.09 Å². The third kappa shape index (κ3) is 4.39. The van der Waals surface area contributed by atoms with Gasteiger partial charge in [-0.25, -0.2) is 14.8 Å². The highest BCUT2D eigenvalue weighted by molar-refractivity contribution is 5.68. The Balaban J connectivity index is 1.15. The van der Waals surface area contributed by atoms with Crippen LogP contribution >= 0.6 is 0 Å². The van der Waals surface area contributed by atoms with Crippen LogP contribution in [-0.4, -0.2) is 59.7 Å². The third-order valence-electron chi connectivity index (χ3n) is 6.96. The Morgan fingerprint density at radius 2 is 1.77 bits per heavy atom. The van der Waals surface area contributed by atoms with Gasteiger partial charge in [-0.2, -0.15) is 0 Å². The van der Waals surface area contributed by atoms with Gasteiger partial charge in [0, 0.05) is 23.9 Å². The fourth-order valence-electron chi connectivity index (χ4n) is 5.33. The molecule has 0 unspecified atom stereocenters. The lowest BCUT2D eigenvalue weighted by Gasteiger charge is -2.24. The summed E-state index contributed by atoms with van der Waals surface area (Å²) in [6, 6.07) is 2.20. The molecule has 2 aliphatic carbocycles. The van der Waals surface area contributed by atoms with Crippen LogP contribution in [0.1, 0.15) is 69.4 Å². The topological polar surface area (TPSA) is 94.6 Å². The van der Waals surface area contributed by atoms with Crippen molar-refractivity contribution in [3.05, 3.63) is 18.0 Å². The zero-order valence-electron chi connectivity index (χ0n) is 17.4. The van der Waals surface area contributed by atoms with E-state index >= 15 is 0 Å². The lowest BCUT2D eigenvalue weighted by atomic mass is 9.96. The molecule has 1 aromatic heterocycles. The zero-order valence-corrected chi connectivity index (χ0v) is 17.4. The summed E-state index contributed by atoms with van der Waals surface area (Å²) in [4.78, 5) is 21.4. The highest BCUT2D eigenvalue weighted by Gasteiger charge is 2.49. The minimum atomic E-state index is -0.379. The van der Waals surface area contributed by atoms with E-state index < -0.39 is 0 Å². The molecule has 164 valence electrons. The second kappa shape index (κ2) is 9.06. The van der Waals surface area contributed by atoms with E-state index in [0.717, 1.165) is 18.5 Å². The van der Waals surface area contributed by atoms with Gasteiger partial charge in [-0.3, -0.25) is 0 Å². The number of nitrogens with zero attached hydrogens (tertiary/aromatic N) is 2. The molecule has 0 aromatic carbocycles. The molecule has 0 radical (unpaired) electrons. The lowest BCUT2D eigenvalue weighted by Crippen LogP contribution is -2.42. The van der Waals surface area contributed by atoms with E-state index in [9.17, 15) is 4.79 Å². The minimum absolute atomic E-state index is 0.0520. The largest absolute Gasteiger partial charge is 0.441 e. The molecule has 2 saturated heterocycles. The molecule has 30 heavy (non-hydrogen) atoms. The summed E-state index contributed by atoms with van der Waals surface area (Å²) in [6.45, 7) is 0.838. The summed E-state index contributed by atoms with van der Waals surface area (Å²) in [5, 5.41) is 6.39. The molecule has 2 saturated carbocycles. The molecule has 0 bridgehead atoms. The van der Waals surface area contributed by atoms with E-state index in [1.54, 1.807) is 0 Å². The van der Waals surface area contributed by atoms with Crippen molar-refractivity contribution in [3.63, 3.8) is 0 Å². The highest BCUT2D eigenvalue weighted by Crippen LogP contribution is 2.34. The number of hydrogen-bond donors (Lipinski definition) is 2. The molecule has 8 heteroatoms. The quantitative estimate of drug-likeness (QED) is 0.761. The van der Waals surface area contributed by atoms with Crippen molar-refractivity contribution in [2.75, 3.05) is 18.5 Å². The Morgan fingerprint density at radius 3 is 2.60 bits per heavy atom. The predicted molar refractivity (Wildman–Crippen MR) is 110 cm³/mol. The average Bonchev–Trinajstić information content (AvgIpc) is 3.50. The van der Waals surface area contributed by atoms with Gasteiger partial charge in [0.1, 0.15) is 12.2 Å². The summed E-state index contributed by atoms with van der Waals surface area (Å²) in [5.74, 6) is 1.17. The first-order chi connectivity index (χ1) is 14.8. The molecule has 1 amide bonds. The van der Waals surface area contributed by atoms with Crippen molar-refractivity contribution >= 4 is 12.0 Å². The normalized spacial score (nSPS) is 32.1. The molecule has 8 nitrogen and oxygen atoms in total. The molecule has 1 aromatic rings. The molecule has 4 fully saturated rings. The second-order valence-electron chi connectivity index (χ2n) is 9.06. The maximum absolute atomic E-state index is 12.3. The Labute approximate surface area is 177 Å². The summed E-state index contributed by atoms with van der Waals surface area (Å²) in [5.41, 5.74) is 1.12. The molecule has 4 aliphatic rings. The van der Waals surface area contributed by atoms with Gasteiger partial charge in [0.15, 0.2) is 6.10 Å². The molecular formula is C22H32N4O4. The van der Waals surface area contributed by atoms with E-state index in [0.29, 0.717) is 25.1 Å². The predicted octanol–water partition coefficient (Wildman–Crippen LogP) is 3.14. The van der Waals surface area contributed by atoms with Crippen molar-refractivity contribution in [2.45, 2.75) is 94.1 Å². The average molecular weight is 417 g/mol. The number of aromatic nitrogens is 2. The molecule has 4 atom stereocenters. The Hall–Kier alpha value is -1.93. The summed E-state index contributed by atoms with van der Waals surface area (Å²) >= 11 is 0. The standard InChI is InChI=1S/C22H32N4O4/c27-22(24-15-8-2-1-3-9-15)30-18-13-29-19-17(12-28-20(18)19)26-21-23-11-10-16(25-21)14-6-4-5-7-14/h10-11,14-15,17-20H,1-9,12-13H2,(H,24,27)(H,23,25,26)/t17-,18+,19+,20+/m0/s1. The molecule has 2 N–H and O–H groups in total. The lowest BCUT2D eigenvalue weighted by molar-refractivity contribution is 0.00314. The van der Waals surface area contributed by atoms with Crippen LogP contribution < -0.4 is 10.6 Å². The van der Waals surface area contributed by atoms with Crippen LogP contribution in [0.4, 0.5) is 10.7 Å². The molecule has 3 heterocycles. The van der Waals surface area contributed by atoms with Crippen LogP contribution in [0.3, 0.4) is 0 Å². The summed E-state index contributed by atoms with van der Waals surface area (Å²) in [6.07, 6.45) is 11.3. The smallest absolute Gasteiger partial charge is 0.407 e. The Morgan fingerprint density at radius 1 is 1.00 bits per heavy atom. The molecule has 5 rings (SSSR count). The first-order valence-corrected chi connectivity index (χ1v) is 11.6. The van der Waals surface area contributed by atoms with E-state index in [4.69, 9.17) is 19.2 Å². The first-order valence-electron chi connectivity index (χ1n) is 11.6. The van der Waals surface area contributed by atoms with Crippen LogP contribution in [0, 0.1) is 0 Å². The van der Waals surface area contributed by atoms with Gasteiger partial charge in [0.2, 0.25) is 5.95 Å². The van der Waals surface area contributed by atoms with E-state index in [1.165, 1.54) is 44.9 Å². The highest BCUT2D eigenvalue weighted by atomic mass is 16.6. The Kier molecular flexibility index (Phi) is 6.04. The van der Waals surface area contributed by atoms with Crippen molar-refractivity contribution in [1.29, 1.82) is 0 Å². The molecular weight excluding hydrogens is 384 g/mol. The minimum Gasteiger partial charge on any atom is -0.441 e. The van der Waals surface area contributed by atoms with Gasteiger partial charge in [-0.15, -0.1) is 0 Å². The van der Waals surface area contributed by atoms with Crippen molar-refractivity contribution in [2.24, 2.45) is 0 Å². The number of hydrogen-bond acceptors (Lipinski definition) is 7. The maximum Gasteiger partial charge on any atom is 0.407 e. The number of nitrogens with one attached hydrogen (secondary N) is 2. The van der Waals surface area contributed by atoms with Crippen molar-refractivity contribution in [3.8, 4) is 0 Å². The van der Waals surface area contributed by atoms with Crippen LogP contribution in [0.25, 0.3) is 0 Å². The van der Waals surface area contributed by atoms with Crippen LogP contribution in [-0.2, 0) is 14.2 Å². The van der Waals surface area contributed by atoms with E-state index in [2.05, 4.69) is 15.6 Å². The maximum atomic E-state index is 12.3. The number of rotatable bonds is 5. The van der Waals surface area contributed by atoms with E-state index in [-0.39, 0.29) is 36.5 Å². The number of anilines is 1.